The molecule has 0 aliphatic heterocycles. The van der Waals surface area contributed by atoms with Crippen molar-refractivity contribution in [3.05, 3.63) is 11.0 Å². The van der Waals surface area contributed by atoms with Crippen LogP contribution in [0.1, 0.15) is 12.8 Å². The van der Waals surface area contributed by atoms with E-state index in [0.29, 0.717) is 12.3 Å². The van der Waals surface area contributed by atoms with Crippen molar-refractivity contribution in [1.82, 2.24) is 0 Å². The molecule has 0 N–H and O–H groups in total. The maximum atomic E-state index is 11.6. The summed E-state index contributed by atoms with van der Waals surface area (Å²) in [6.45, 7) is -4.90. The van der Waals surface area contributed by atoms with Crippen molar-refractivity contribution in [2.45, 2.75) is 12.8 Å². The van der Waals surface area contributed by atoms with Gasteiger partial charge in [-0.05, 0) is 17.9 Å². The maximum absolute atomic E-state index is 11.6. The fraction of sp³-hybridized carbons (Fsp3) is 0.600. The van der Waals surface area contributed by atoms with Crippen LogP contribution in [0, 0.1) is 0 Å². The lowest BCUT2D eigenvalue weighted by molar-refractivity contribution is 0.498. The Morgan fingerprint density at radius 1 is 1.36 bits per heavy atom. The highest BCUT2D eigenvalue weighted by atomic mass is 35.5. The number of rotatable bonds is 4. The Morgan fingerprint density at radius 3 is 2.27 bits per heavy atom. The van der Waals surface area contributed by atoms with Gasteiger partial charge in [0.2, 0.25) is 0 Å². The average molecular weight is 206 g/mol. The molecule has 0 saturated heterocycles. The Balaban J connectivity index is 3.81. The fourth-order valence-corrected chi connectivity index (χ4v) is 0.934. The first-order valence-electron chi connectivity index (χ1n) is 3.09. The number of halogens is 5. The molecule has 0 saturated carbocycles. The van der Waals surface area contributed by atoms with E-state index in [0.717, 1.165) is 0 Å². The molecule has 0 aliphatic rings. The summed E-state index contributed by atoms with van der Waals surface area (Å²) in [7, 11) is 0. The highest BCUT2D eigenvalue weighted by Crippen LogP contribution is 2.18. The zero-order chi connectivity index (χ0) is 8.91. The van der Waals surface area contributed by atoms with Gasteiger partial charge >= 0.3 is 6.98 Å². The third-order valence-electron chi connectivity index (χ3n) is 0.919. The molecule has 66 valence electrons. The van der Waals surface area contributed by atoms with E-state index in [-0.39, 0.29) is 17.4 Å². The predicted octanol–water partition coefficient (Wildman–Crippen LogP) is 3.51. The Hall–Kier alpha value is 0.175. The van der Waals surface area contributed by atoms with Crippen molar-refractivity contribution < 1.29 is 12.9 Å². The summed E-state index contributed by atoms with van der Waals surface area (Å²) in [5.41, 5.74) is 0. The van der Waals surface area contributed by atoms with E-state index >= 15 is 0 Å². The molecule has 0 aromatic heterocycles. The summed E-state index contributed by atoms with van der Waals surface area (Å²) < 4.78 is 34.8. The second-order valence-electron chi connectivity index (χ2n) is 2.03. The van der Waals surface area contributed by atoms with Crippen LogP contribution in [0.2, 0.25) is 0 Å². The van der Waals surface area contributed by atoms with Crippen molar-refractivity contribution in [1.29, 1.82) is 0 Å². The van der Waals surface area contributed by atoms with Gasteiger partial charge in [0.1, 0.15) is 0 Å². The fourth-order valence-electron chi connectivity index (χ4n) is 0.524. The van der Waals surface area contributed by atoms with Crippen LogP contribution < -0.4 is 0 Å². The van der Waals surface area contributed by atoms with Gasteiger partial charge < -0.3 is 12.9 Å². The molecule has 0 amide bonds. The number of hydrogen-bond donors (Lipinski definition) is 0. The summed E-state index contributed by atoms with van der Waals surface area (Å²) in [4.78, 5) is 0. The first-order valence-corrected chi connectivity index (χ1v) is 4.00. The van der Waals surface area contributed by atoms with Crippen LogP contribution in [0.4, 0.5) is 12.9 Å². The standard InChI is InChI=1S/C5H7BCl2F3/c7-3-1-2-5(8)4-6(9,10)11/h4H,1-3H2/q-1/b5-4-. The second-order valence-corrected chi connectivity index (χ2v) is 2.89. The lowest BCUT2D eigenvalue weighted by atomic mass is 9.91. The molecular formula is C5H7BCl2F3-. The molecule has 0 aromatic carbocycles. The molecule has 0 rings (SSSR count). The van der Waals surface area contributed by atoms with Crippen LogP contribution in [0.3, 0.4) is 0 Å². The summed E-state index contributed by atoms with van der Waals surface area (Å²) in [6, 6.07) is 0. The minimum Gasteiger partial charge on any atom is -0.445 e. The van der Waals surface area contributed by atoms with E-state index in [1.165, 1.54) is 0 Å². The molecule has 0 nitrogen and oxygen atoms in total. The molecule has 6 heteroatoms. The minimum absolute atomic E-state index is 0.147. The third kappa shape index (κ3) is 8.08. The van der Waals surface area contributed by atoms with Gasteiger partial charge in [-0.2, -0.15) is 0 Å². The van der Waals surface area contributed by atoms with E-state index < -0.39 is 6.98 Å². The number of allylic oxidation sites excluding steroid dienone is 1. The van der Waals surface area contributed by atoms with Crippen LogP contribution in [0.15, 0.2) is 11.0 Å². The number of alkyl halides is 1. The quantitative estimate of drug-likeness (QED) is 0.487. The monoisotopic (exact) mass is 205 g/mol. The van der Waals surface area contributed by atoms with E-state index in [4.69, 9.17) is 23.2 Å². The van der Waals surface area contributed by atoms with Gasteiger partial charge in [0.15, 0.2) is 0 Å². The largest absolute Gasteiger partial charge is 0.503 e. The molecule has 11 heavy (non-hydrogen) atoms. The Morgan fingerprint density at radius 2 is 1.91 bits per heavy atom. The Labute approximate surface area is 73.4 Å². The van der Waals surface area contributed by atoms with E-state index in [2.05, 4.69) is 0 Å². The van der Waals surface area contributed by atoms with E-state index in [1.807, 2.05) is 0 Å². The number of hydrogen-bond acceptors (Lipinski definition) is 0. The third-order valence-corrected chi connectivity index (χ3v) is 1.50. The molecule has 0 heterocycles. The van der Waals surface area contributed by atoms with Crippen LogP contribution >= 0.6 is 23.2 Å². The van der Waals surface area contributed by atoms with Crippen LogP contribution in [0.5, 0.6) is 0 Å². The smallest absolute Gasteiger partial charge is 0.445 e. The molecule has 0 unspecified atom stereocenters. The molecule has 0 spiro atoms. The van der Waals surface area contributed by atoms with Crippen molar-refractivity contribution in [2.75, 3.05) is 5.88 Å². The zero-order valence-electron chi connectivity index (χ0n) is 5.67. The van der Waals surface area contributed by atoms with Gasteiger partial charge in [0.25, 0.3) is 0 Å². The van der Waals surface area contributed by atoms with Gasteiger partial charge in [-0.1, -0.05) is 11.6 Å². The van der Waals surface area contributed by atoms with Gasteiger partial charge in [-0.15, -0.1) is 17.6 Å². The van der Waals surface area contributed by atoms with Crippen molar-refractivity contribution in [3.63, 3.8) is 0 Å². The topological polar surface area (TPSA) is 0 Å². The zero-order valence-corrected chi connectivity index (χ0v) is 7.18. The Bertz CT molecular complexity index is 143. The molecule has 0 atom stereocenters. The molecular weight excluding hydrogens is 199 g/mol. The summed E-state index contributed by atoms with van der Waals surface area (Å²) in [6.07, 6.45) is 0.676. The summed E-state index contributed by atoms with van der Waals surface area (Å²) in [5.74, 6) is 0.475. The lowest BCUT2D eigenvalue weighted by Gasteiger charge is -2.08. The van der Waals surface area contributed by atoms with Gasteiger partial charge in [0, 0.05) is 5.88 Å². The highest BCUT2D eigenvalue weighted by molar-refractivity contribution is 6.65. The van der Waals surface area contributed by atoms with E-state index in [1.54, 1.807) is 0 Å². The minimum atomic E-state index is -4.90. The maximum Gasteiger partial charge on any atom is 0.503 e. The van der Waals surface area contributed by atoms with Crippen molar-refractivity contribution in [3.8, 4) is 0 Å². The van der Waals surface area contributed by atoms with Gasteiger partial charge in [0.05, 0.1) is 0 Å². The van der Waals surface area contributed by atoms with Crippen LogP contribution in [-0.2, 0) is 0 Å². The predicted molar refractivity (Wildman–Crippen MR) is 43.0 cm³/mol. The normalized spacial score (nSPS) is 13.7. The van der Waals surface area contributed by atoms with E-state index in [9.17, 15) is 12.9 Å². The molecule has 0 radical (unpaired) electrons. The molecule has 0 aliphatic carbocycles. The first kappa shape index (κ1) is 11.2. The second kappa shape index (κ2) is 4.93. The molecule has 0 fully saturated rings. The molecule has 0 aromatic rings. The van der Waals surface area contributed by atoms with Crippen molar-refractivity contribution in [2.24, 2.45) is 0 Å². The van der Waals surface area contributed by atoms with Crippen LogP contribution in [0.25, 0.3) is 0 Å². The van der Waals surface area contributed by atoms with Gasteiger partial charge in [-0.25, -0.2) is 0 Å². The van der Waals surface area contributed by atoms with Crippen molar-refractivity contribution >= 4 is 30.2 Å². The summed E-state index contributed by atoms with van der Waals surface area (Å²) in [5, 5.41) is -0.168. The molecule has 0 bridgehead atoms. The first-order chi connectivity index (χ1) is 4.95. The SMILES string of the molecule is F[B-](F)(F)/C=C(\Cl)CCCCl. The Kier molecular flexibility index (Phi) is 5.01. The van der Waals surface area contributed by atoms with Gasteiger partial charge in [-0.3, -0.25) is 0 Å². The highest BCUT2D eigenvalue weighted by Gasteiger charge is 2.18. The lowest BCUT2D eigenvalue weighted by Crippen LogP contribution is -2.10. The average Bonchev–Trinajstić information content (AvgIpc) is 1.79. The summed E-state index contributed by atoms with van der Waals surface area (Å²) >= 11 is 10.5. The van der Waals surface area contributed by atoms with Crippen LogP contribution in [-0.4, -0.2) is 12.9 Å².